The van der Waals surface area contributed by atoms with Gasteiger partial charge in [-0.05, 0) is 20.3 Å². The normalized spacial score (nSPS) is 34.2. The highest BCUT2D eigenvalue weighted by Crippen LogP contribution is 2.29. The lowest BCUT2D eigenvalue weighted by molar-refractivity contribution is -0.200. The maximum Gasteiger partial charge on any atom is 0.345 e. The average Bonchev–Trinajstić information content (AvgIpc) is 2.49. The van der Waals surface area contributed by atoms with Crippen LogP contribution in [-0.4, -0.2) is 48.8 Å². The molecule has 0 radical (unpaired) electrons. The van der Waals surface area contributed by atoms with E-state index in [2.05, 4.69) is 4.74 Å². The van der Waals surface area contributed by atoms with Crippen LogP contribution in [0.2, 0.25) is 0 Å². The summed E-state index contributed by atoms with van der Waals surface area (Å²) in [6.45, 7) is 1.58. The molecule has 2 saturated heterocycles. The largest absolute Gasteiger partial charge is 0.375 e. The van der Waals surface area contributed by atoms with Gasteiger partial charge in [0.05, 0.1) is 24.2 Å². The van der Waals surface area contributed by atoms with E-state index in [-0.39, 0.29) is 37.1 Å². The van der Waals surface area contributed by atoms with Crippen molar-refractivity contribution in [2.24, 2.45) is 5.92 Å². The molecule has 0 N–H and O–H groups in total. The number of hydrogen-bond acceptors (Lipinski definition) is 3. The second kappa shape index (κ2) is 4.86. The summed E-state index contributed by atoms with van der Waals surface area (Å²) in [6.07, 6.45) is 0.187. The van der Waals surface area contributed by atoms with Crippen LogP contribution in [0.5, 0.6) is 0 Å². The third kappa shape index (κ3) is 2.74. The summed E-state index contributed by atoms with van der Waals surface area (Å²) in [4.78, 5) is 13.6. The van der Waals surface area contributed by atoms with E-state index >= 15 is 0 Å². The number of alkyl halides is 2. The number of nitrogens with zero attached hydrogens (tertiary/aromatic N) is 1. The minimum absolute atomic E-state index is 0.00373. The van der Waals surface area contributed by atoms with E-state index in [1.807, 2.05) is 13.8 Å². The highest BCUT2D eigenvalue weighted by atomic mass is 19.3. The zero-order valence-corrected chi connectivity index (χ0v) is 9.94. The number of ether oxygens (including phenoxy) is 2. The number of hydrogen-bond donors (Lipinski definition) is 0. The van der Waals surface area contributed by atoms with Gasteiger partial charge < -0.3 is 14.4 Å². The molecule has 2 aliphatic rings. The second-order valence-corrected chi connectivity index (χ2v) is 4.76. The highest BCUT2D eigenvalue weighted by Gasteiger charge is 2.41. The Balaban J connectivity index is 1.79. The van der Waals surface area contributed by atoms with Crippen LogP contribution < -0.4 is 0 Å². The van der Waals surface area contributed by atoms with Crippen molar-refractivity contribution < 1.29 is 23.0 Å². The van der Waals surface area contributed by atoms with Crippen molar-refractivity contribution in [1.82, 2.24) is 4.90 Å². The average molecular weight is 249 g/mol. The first-order chi connectivity index (χ1) is 7.97. The van der Waals surface area contributed by atoms with Gasteiger partial charge in [0, 0.05) is 13.1 Å². The van der Waals surface area contributed by atoms with Crippen LogP contribution in [0.3, 0.4) is 0 Å². The van der Waals surface area contributed by atoms with Gasteiger partial charge in [-0.15, -0.1) is 0 Å². The van der Waals surface area contributed by atoms with Crippen molar-refractivity contribution >= 4 is 5.91 Å². The van der Waals surface area contributed by atoms with Crippen LogP contribution in [0.15, 0.2) is 0 Å². The van der Waals surface area contributed by atoms with E-state index in [4.69, 9.17) is 4.74 Å². The highest BCUT2D eigenvalue weighted by molar-refractivity contribution is 5.80. The molecule has 2 heterocycles. The first kappa shape index (κ1) is 12.7. The number of rotatable bonds is 3. The maximum atomic E-state index is 12.0. The summed E-state index contributed by atoms with van der Waals surface area (Å²) in [5.41, 5.74) is 0. The molecule has 2 rings (SSSR count). The predicted octanol–water partition coefficient (Wildman–Crippen LogP) is 1.25. The maximum absolute atomic E-state index is 12.0. The van der Waals surface area contributed by atoms with Gasteiger partial charge in [0.25, 0.3) is 0 Å². The van der Waals surface area contributed by atoms with Crippen molar-refractivity contribution in [2.75, 3.05) is 13.1 Å². The molecule has 2 fully saturated rings. The Labute approximate surface area is 98.9 Å². The molecule has 3 unspecified atom stereocenters. The topological polar surface area (TPSA) is 38.8 Å². The summed E-state index contributed by atoms with van der Waals surface area (Å²) in [5, 5.41) is 0. The van der Waals surface area contributed by atoms with E-state index in [1.54, 1.807) is 4.90 Å². The van der Waals surface area contributed by atoms with Crippen LogP contribution in [0.1, 0.15) is 20.3 Å². The van der Waals surface area contributed by atoms with Crippen molar-refractivity contribution in [3.63, 3.8) is 0 Å². The SMILES string of the molecule is CC1CC(C(=O)N2CC(OC(F)F)C2)C(C)O1. The summed E-state index contributed by atoms with van der Waals surface area (Å²) < 4.78 is 33.6. The molecule has 2 aliphatic heterocycles. The molecule has 4 nitrogen and oxygen atoms in total. The van der Waals surface area contributed by atoms with Crippen molar-refractivity contribution in [2.45, 2.75) is 45.2 Å². The van der Waals surface area contributed by atoms with Gasteiger partial charge in [0.1, 0.15) is 0 Å². The summed E-state index contributed by atoms with van der Waals surface area (Å²) >= 11 is 0. The van der Waals surface area contributed by atoms with E-state index in [0.717, 1.165) is 0 Å². The number of carbonyl (C=O) groups is 1. The smallest absolute Gasteiger partial charge is 0.345 e. The molecule has 17 heavy (non-hydrogen) atoms. The molecule has 0 aromatic rings. The molecule has 0 bridgehead atoms. The van der Waals surface area contributed by atoms with E-state index < -0.39 is 12.7 Å². The molecule has 98 valence electrons. The van der Waals surface area contributed by atoms with Crippen LogP contribution in [0, 0.1) is 5.92 Å². The Kier molecular flexibility index (Phi) is 3.63. The van der Waals surface area contributed by atoms with Gasteiger partial charge >= 0.3 is 6.61 Å². The van der Waals surface area contributed by atoms with Crippen LogP contribution in [0.25, 0.3) is 0 Å². The monoisotopic (exact) mass is 249 g/mol. The third-order valence-corrected chi connectivity index (χ3v) is 3.37. The fraction of sp³-hybridized carbons (Fsp3) is 0.909. The van der Waals surface area contributed by atoms with E-state index in [1.165, 1.54) is 0 Å². The van der Waals surface area contributed by atoms with Crippen molar-refractivity contribution in [3.05, 3.63) is 0 Å². The minimum atomic E-state index is -2.76. The quantitative estimate of drug-likeness (QED) is 0.755. The Bertz CT molecular complexity index is 294. The zero-order chi connectivity index (χ0) is 12.6. The van der Waals surface area contributed by atoms with Gasteiger partial charge in [0.15, 0.2) is 0 Å². The Morgan fingerprint density at radius 3 is 2.53 bits per heavy atom. The number of likely N-dealkylation sites (tertiary alicyclic amines) is 1. The molecule has 0 aromatic carbocycles. The Hall–Kier alpha value is -0.750. The van der Waals surface area contributed by atoms with Gasteiger partial charge in [0.2, 0.25) is 5.91 Å². The molecule has 1 amide bonds. The van der Waals surface area contributed by atoms with Crippen LogP contribution >= 0.6 is 0 Å². The number of halogens is 2. The van der Waals surface area contributed by atoms with Gasteiger partial charge in [-0.3, -0.25) is 4.79 Å². The minimum Gasteiger partial charge on any atom is -0.375 e. The molecule has 0 spiro atoms. The summed E-state index contributed by atoms with van der Waals surface area (Å²) in [6, 6.07) is 0. The predicted molar refractivity (Wildman–Crippen MR) is 55.6 cm³/mol. The lowest BCUT2D eigenvalue weighted by Gasteiger charge is -2.40. The number of carbonyl (C=O) groups excluding carboxylic acids is 1. The van der Waals surface area contributed by atoms with E-state index in [9.17, 15) is 13.6 Å². The van der Waals surface area contributed by atoms with Gasteiger partial charge in [-0.1, -0.05) is 0 Å². The summed E-state index contributed by atoms with van der Waals surface area (Å²) in [7, 11) is 0. The van der Waals surface area contributed by atoms with Crippen molar-refractivity contribution in [3.8, 4) is 0 Å². The lowest BCUT2D eigenvalue weighted by atomic mass is 9.97. The van der Waals surface area contributed by atoms with Crippen LogP contribution in [0.4, 0.5) is 8.78 Å². The summed E-state index contributed by atoms with van der Waals surface area (Å²) in [5.74, 6) is -0.145. The Morgan fingerprint density at radius 2 is 2.06 bits per heavy atom. The fourth-order valence-electron chi connectivity index (χ4n) is 2.45. The molecule has 6 heteroatoms. The van der Waals surface area contributed by atoms with E-state index in [0.29, 0.717) is 6.42 Å². The number of amides is 1. The van der Waals surface area contributed by atoms with Gasteiger partial charge in [-0.2, -0.15) is 8.78 Å². The molecule has 0 aromatic heterocycles. The fourth-order valence-corrected chi connectivity index (χ4v) is 2.45. The van der Waals surface area contributed by atoms with Crippen molar-refractivity contribution in [1.29, 1.82) is 0 Å². The first-order valence-electron chi connectivity index (χ1n) is 5.85. The molecular weight excluding hydrogens is 232 g/mol. The third-order valence-electron chi connectivity index (χ3n) is 3.37. The molecule has 0 saturated carbocycles. The lowest BCUT2D eigenvalue weighted by Crippen LogP contribution is -2.57. The first-order valence-corrected chi connectivity index (χ1v) is 5.85. The Morgan fingerprint density at radius 1 is 1.41 bits per heavy atom. The molecule has 3 atom stereocenters. The zero-order valence-electron chi connectivity index (χ0n) is 9.94. The second-order valence-electron chi connectivity index (χ2n) is 4.76. The van der Waals surface area contributed by atoms with Crippen LogP contribution in [-0.2, 0) is 14.3 Å². The molecule has 0 aliphatic carbocycles. The molecular formula is C11H17F2NO3. The van der Waals surface area contributed by atoms with Gasteiger partial charge in [-0.25, -0.2) is 0 Å². The standard InChI is InChI=1S/C11H17F2NO3/c1-6-3-9(7(2)16-6)10(15)14-4-8(5-14)17-11(12)13/h6-9,11H,3-5H2,1-2H3.